The lowest BCUT2D eigenvalue weighted by Gasteiger charge is -2.15. The molecule has 168 valence electrons. The number of benzene rings is 2. The van der Waals surface area contributed by atoms with E-state index >= 15 is 0 Å². The molecule has 4 rings (SSSR count). The number of aromatic nitrogens is 2. The number of halogens is 4. The molecule has 0 bridgehead atoms. The van der Waals surface area contributed by atoms with Crippen molar-refractivity contribution in [2.45, 2.75) is 6.18 Å². The molecular weight excluding hydrogens is 457 g/mol. The molecule has 2 aromatic heterocycles. The third-order valence-corrected chi connectivity index (χ3v) is 4.83. The zero-order valence-corrected chi connectivity index (χ0v) is 17.6. The predicted molar refractivity (Wildman–Crippen MR) is 118 cm³/mol. The summed E-state index contributed by atoms with van der Waals surface area (Å²) in [5.41, 5.74) is 4.73. The van der Waals surface area contributed by atoms with Gasteiger partial charge < -0.3 is 9.30 Å². The summed E-state index contributed by atoms with van der Waals surface area (Å²) >= 11 is 5.87. The van der Waals surface area contributed by atoms with Gasteiger partial charge in [-0.3, -0.25) is 15.6 Å². The molecule has 1 amide bonds. The van der Waals surface area contributed by atoms with Gasteiger partial charge in [0.25, 0.3) is 5.91 Å². The number of hydrazine groups is 1. The fourth-order valence-electron chi connectivity index (χ4n) is 3.00. The van der Waals surface area contributed by atoms with E-state index in [0.717, 1.165) is 6.07 Å². The van der Waals surface area contributed by atoms with E-state index in [0.29, 0.717) is 23.4 Å². The van der Waals surface area contributed by atoms with E-state index < -0.39 is 17.6 Å². The molecule has 10 heteroatoms. The zero-order valence-electron chi connectivity index (χ0n) is 16.8. The summed E-state index contributed by atoms with van der Waals surface area (Å²) in [6.45, 7) is 0. The summed E-state index contributed by atoms with van der Waals surface area (Å²) < 4.78 is 45.9. The highest BCUT2D eigenvalue weighted by molar-refractivity contribution is 6.33. The van der Waals surface area contributed by atoms with Crippen molar-refractivity contribution < 1.29 is 22.7 Å². The average Bonchev–Trinajstić information content (AvgIpc) is 3.28. The van der Waals surface area contributed by atoms with Crippen molar-refractivity contribution in [3.63, 3.8) is 0 Å². The van der Waals surface area contributed by atoms with Gasteiger partial charge in [0, 0.05) is 12.4 Å². The molecule has 0 radical (unpaired) electrons. The molecule has 2 aromatic carbocycles. The van der Waals surface area contributed by atoms with E-state index in [1.54, 1.807) is 41.1 Å². The normalized spacial score (nSPS) is 11.2. The van der Waals surface area contributed by atoms with Crippen molar-refractivity contribution in [3.05, 3.63) is 101 Å². The van der Waals surface area contributed by atoms with Crippen LogP contribution in [0.1, 0.15) is 16.1 Å². The van der Waals surface area contributed by atoms with Gasteiger partial charge in [0.2, 0.25) is 0 Å². The number of nitrogens with zero attached hydrogens (tertiary/aromatic N) is 2. The number of hydrogen-bond acceptors (Lipinski definition) is 4. The highest BCUT2D eigenvalue weighted by atomic mass is 35.5. The van der Waals surface area contributed by atoms with Crippen molar-refractivity contribution in [1.82, 2.24) is 15.0 Å². The molecule has 0 atom stereocenters. The Balaban J connectivity index is 1.53. The minimum atomic E-state index is -4.57. The first kappa shape index (κ1) is 22.2. The monoisotopic (exact) mass is 472 g/mol. The maximum absolute atomic E-state index is 12.8. The van der Waals surface area contributed by atoms with Crippen LogP contribution in [0, 0.1) is 0 Å². The molecule has 0 saturated heterocycles. The topological polar surface area (TPSA) is 68.2 Å². The predicted octanol–water partition coefficient (Wildman–Crippen LogP) is 6.09. The van der Waals surface area contributed by atoms with Gasteiger partial charge in [-0.15, -0.1) is 0 Å². The van der Waals surface area contributed by atoms with Gasteiger partial charge in [-0.1, -0.05) is 41.9 Å². The van der Waals surface area contributed by atoms with Crippen LogP contribution in [0.15, 0.2) is 85.2 Å². The third kappa shape index (κ3) is 5.09. The number of anilines is 1. The van der Waals surface area contributed by atoms with E-state index in [4.69, 9.17) is 16.3 Å². The van der Waals surface area contributed by atoms with Crippen molar-refractivity contribution in [1.29, 1.82) is 0 Å². The van der Waals surface area contributed by atoms with Gasteiger partial charge in [0.15, 0.2) is 11.6 Å². The molecular formula is C23H16ClF3N4O2. The molecule has 0 saturated carbocycles. The second-order valence-electron chi connectivity index (χ2n) is 6.78. The van der Waals surface area contributed by atoms with Crippen LogP contribution < -0.4 is 15.6 Å². The van der Waals surface area contributed by atoms with Gasteiger partial charge in [-0.2, -0.15) is 13.2 Å². The highest BCUT2D eigenvalue weighted by Crippen LogP contribution is 2.32. The maximum Gasteiger partial charge on any atom is 0.417 e. The molecule has 0 fully saturated rings. The van der Waals surface area contributed by atoms with E-state index in [-0.39, 0.29) is 16.5 Å². The third-order valence-electron chi connectivity index (χ3n) is 4.54. The number of nitrogens with one attached hydrogen (secondary N) is 2. The Labute approximate surface area is 191 Å². The Hall–Kier alpha value is -3.98. The van der Waals surface area contributed by atoms with E-state index in [1.165, 1.54) is 0 Å². The lowest BCUT2D eigenvalue weighted by atomic mass is 10.2. The molecule has 0 aliphatic heterocycles. The number of pyridine rings is 1. The van der Waals surface area contributed by atoms with Gasteiger partial charge in [0.05, 0.1) is 16.3 Å². The number of carbonyl (C=O) groups is 1. The minimum absolute atomic E-state index is 0.121. The lowest BCUT2D eigenvalue weighted by molar-refractivity contribution is -0.137. The van der Waals surface area contributed by atoms with Crippen LogP contribution in [0.3, 0.4) is 0 Å². The largest absolute Gasteiger partial charge is 0.455 e. The number of rotatable bonds is 6. The number of hydrogen-bond donors (Lipinski definition) is 2. The van der Waals surface area contributed by atoms with Crippen molar-refractivity contribution in [2.24, 2.45) is 0 Å². The van der Waals surface area contributed by atoms with Crippen molar-refractivity contribution in [2.75, 3.05) is 5.43 Å². The van der Waals surface area contributed by atoms with Crippen LogP contribution in [0.2, 0.25) is 5.02 Å². The van der Waals surface area contributed by atoms with Gasteiger partial charge in [-0.05, 0) is 42.5 Å². The molecule has 33 heavy (non-hydrogen) atoms. The summed E-state index contributed by atoms with van der Waals surface area (Å²) in [6.07, 6.45) is -2.26. The van der Waals surface area contributed by atoms with Crippen LogP contribution in [0.5, 0.6) is 11.5 Å². The highest BCUT2D eigenvalue weighted by Gasteiger charge is 2.31. The first-order valence-corrected chi connectivity index (χ1v) is 9.99. The summed E-state index contributed by atoms with van der Waals surface area (Å²) in [5.74, 6) is 0.471. The van der Waals surface area contributed by atoms with E-state index in [9.17, 15) is 18.0 Å². The Bertz CT molecular complexity index is 1280. The molecule has 4 aromatic rings. The second-order valence-corrected chi connectivity index (χ2v) is 7.18. The van der Waals surface area contributed by atoms with E-state index in [2.05, 4.69) is 15.8 Å². The number of amides is 1. The quantitative estimate of drug-likeness (QED) is 0.333. The van der Waals surface area contributed by atoms with Crippen LogP contribution in [-0.4, -0.2) is 15.5 Å². The van der Waals surface area contributed by atoms with Crippen LogP contribution in [0.4, 0.5) is 19.0 Å². The fourth-order valence-corrected chi connectivity index (χ4v) is 3.21. The van der Waals surface area contributed by atoms with Gasteiger partial charge in [-0.25, -0.2) is 4.98 Å². The average molecular weight is 473 g/mol. The van der Waals surface area contributed by atoms with E-state index in [1.807, 2.05) is 36.4 Å². The lowest BCUT2D eigenvalue weighted by Crippen LogP contribution is -2.31. The standard InChI is InChI=1S/C23H16ClF3N4O2/c24-17-13-15(23(25,26)27)14-28-21(17)29-30-22(32)19-10-6-12-31(19)18-9-4-5-11-20(18)33-16-7-2-1-3-8-16/h1-14H,(H,28,29)(H,30,32). The first-order valence-electron chi connectivity index (χ1n) is 9.61. The first-order chi connectivity index (χ1) is 15.8. The van der Waals surface area contributed by atoms with Crippen LogP contribution in [-0.2, 0) is 6.18 Å². The number of alkyl halides is 3. The molecule has 6 nitrogen and oxygen atoms in total. The Morgan fingerprint density at radius 2 is 1.73 bits per heavy atom. The molecule has 0 aliphatic rings. The molecule has 0 spiro atoms. The Morgan fingerprint density at radius 3 is 2.45 bits per heavy atom. The van der Waals surface area contributed by atoms with Crippen LogP contribution in [0.25, 0.3) is 5.69 Å². The number of carbonyl (C=O) groups excluding carboxylic acids is 1. The van der Waals surface area contributed by atoms with Crippen molar-refractivity contribution in [3.8, 4) is 17.2 Å². The minimum Gasteiger partial charge on any atom is -0.455 e. The maximum atomic E-state index is 12.8. The summed E-state index contributed by atoms with van der Waals surface area (Å²) in [6, 6.07) is 20.3. The molecule has 2 N–H and O–H groups in total. The molecule has 2 heterocycles. The Kier molecular flexibility index (Phi) is 6.23. The smallest absolute Gasteiger partial charge is 0.417 e. The van der Waals surface area contributed by atoms with Crippen molar-refractivity contribution >= 4 is 23.3 Å². The fraction of sp³-hybridized carbons (Fsp3) is 0.0435. The molecule has 0 unspecified atom stereocenters. The number of para-hydroxylation sites is 3. The zero-order chi connectivity index (χ0) is 23.4. The SMILES string of the molecule is O=C(NNc1ncc(C(F)(F)F)cc1Cl)c1cccn1-c1ccccc1Oc1ccccc1. The summed E-state index contributed by atoms with van der Waals surface area (Å²) in [5, 5.41) is -0.290. The second kappa shape index (κ2) is 9.25. The van der Waals surface area contributed by atoms with Crippen LogP contribution >= 0.6 is 11.6 Å². The summed E-state index contributed by atoms with van der Waals surface area (Å²) in [7, 11) is 0. The summed E-state index contributed by atoms with van der Waals surface area (Å²) in [4.78, 5) is 16.4. The Morgan fingerprint density at radius 1 is 1.00 bits per heavy atom. The van der Waals surface area contributed by atoms with Gasteiger partial charge >= 0.3 is 6.18 Å². The number of ether oxygens (including phenoxy) is 1. The van der Waals surface area contributed by atoms with Gasteiger partial charge in [0.1, 0.15) is 11.4 Å². The molecule has 0 aliphatic carbocycles.